The van der Waals surface area contributed by atoms with Crippen molar-refractivity contribution in [3.8, 4) is 17.1 Å². The van der Waals surface area contributed by atoms with E-state index in [0.29, 0.717) is 23.9 Å². The molecule has 1 aromatic heterocycles. The van der Waals surface area contributed by atoms with E-state index in [1.807, 2.05) is 36.4 Å². The van der Waals surface area contributed by atoms with E-state index >= 15 is 0 Å². The summed E-state index contributed by atoms with van der Waals surface area (Å²) in [5.41, 5.74) is 2.48. The molecule has 0 spiro atoms. The molecule has 2 aromatic carbocycles. The number of ether oxygens (including phenoxy) is 1. The van der Waals surface area contributed by atoms with Gasteiger partial charge in [-0.2, -0.15) is 4.98 Å². The number of carbonyl (C=O) groups excluding carboxylic acids is 1. The molecule has 7 heteroatoms. The molecule has 0 aliphatic carbocycles. The third-order valence-electron chi connectivity index (χ3n) is 3.54. The van der Waals surface area contributed by atoms with Crippen LogP contribution in [0.1, 0.15) is 11.5 Å². The molecule has 25 heavy (non-hydrogen) atoms. The molecule has 7 nitrogen and oxygen atoms in total. The zero-order valence-electron chi connectivity index (χ0n) is 13.9. The molecule has 0 bridgehead atoms. The summed E-state index contributed by atoms with van der Waals surface area (Å²) in [5, 5.41) is 9.44. The molecule has 2 N–H and O–H groups in total. The van der Waals surface area contributed by atoms with E-state index in [1.165, 1.54) is 0 Å². The number of aryl methyl sites for hydroxylation is 1. The van der Waals surface area contributed by atoms with Gasteiger partial charge in [0.15, 0.2) is 0 Å². The second-order valence-electron chi connectivity index (χ2n) is 5.37. The average molecular weight is 338 g/mol. The van der Waals surface area contributed by atoms with Crippen molar-refractivity contribution in [1.82, 2.24) is 15.5 Å². The van der Waals surface area contributed by atoms with Gasteiger partial charge in [0.1, 0.15) is 5.75 Å². The topological polar surface area (TPSA) is 89.3 Å². The number of rotatable bonds is 5. The Morgan fingerprint density at radius 1 is 1.12 bits per heavy atom. The summed E-state index contributed by atoms with van der Waals surface area (Å²) in [7, 11) is 1.62. The van der Waals surface area contributed by atoms with E-state index in [9.17, 15) is 4.79 Å². The molecule has 0 atom stereocenters. The van der Waals surface area contributed by atoms with Crippen LogP contribution in [0, 0.1) is 6.92 Å². The van der Waals surface area contributed by atoms with Crippen LogP contribution in [0.25, 0.3) is 11.4 Å². The maximum atomic E-state index is 12.0. The van der Waals surface area contributed by atoms with Crippen molar-refractivity contribution >= 4 is 11.7 Å². The number of amides is 2. The summed E-state index contributed by atoms with van der Waals surface area (Å²) in [6, 6.07) is 14.5. The minimum Gasteiger partial charge on any atom is -0.497 e. The molecule has 3 rings (SSSR count). The number of aromatic nitrogens is 2. The SMILES string of the molecule is COc1ccc(CNC(=O)Nc2ccc(-c3noc(C)n3)cc2)cc1. The number of nitrogens with one attached hydrogen (secondary N) is 2. The van der Waals surface area contributed by atoms with Crippen LogP contribution in [0.15, 0.2) is 53.1 Å². The number of nitrogens with zero attached hydrogens (tertiary/aromatic N) is 2. The summed E-state index contributed by atoms with van der Waals surface area (Å²) >= 11 is 0. The maximum Gasteiger partial charge on any atom is 0.319 e. The van der Waals surface area contributed by atoms with Gasteiger partial charge in [0.25, 0.3) is 0 Å². The van der Waals surface area contributed by atoms with Crippen LogP contribution in [-0.4, -0.2) is 23.3 Å². The molecule has 3 aromatic rings. The Labute approximate surface area is 145 Å². The van der Waals surface area contributed by atoms with Crippen LogP contribution < -0.4 is 15.4 Å². The molecular formula is C18H18N4O3. The van der Waals surface area contributed by atoms with Gasteiger partial charge in [-0.05, 0) is 42.0 Å². The van der Waals surface area contributed by atoms with Crippen molar-refractivity contribution < 1.29 is 14.1 Å². The molecule has 2 amide bonds. The summed E-state index contributed by atoms with van der Waals surface area (Å²) in [6.45, 7) is 2.16. The van der Waals surface area contributed by atoms with Gasteiger partial charge >= 0.3 is 6.03 Å². The van der Waals surface area contributed by atoms with Gasteiger partial charge in [-0.1, -0.05) is 17.3 Å². The monoisotopic (exact) mass is 338 g/mol. The first-order valence-electron chi connectivity index (χ1n) is 7.72. The van der Waals surface area contributed by atoms with E-state index in [4.69, 9.17) is 9.26 Å². The first kappa shape index (κ1) is 16.5. The summed E-state index contributed by atoms with van der Waals surface area (Å²) in [4.78, 5) is 16.1. The standard InChI is InChI=1S/C18H18N4O3/c1-12-20-17(22-25-12)14-5-7-15(8-6-14)21-18(23)19-11-13-3-9-16(24-2)10-4-13/h3-10H,11H2,1-2H3,(H2,19,21,23). The van der Waals surface area contributed by atoms with Crippen molar-refractivity contribution in [2.45, 2.75) is 13.5 Å². The lowest BCUT2D eigenvalue weighted by Gasteiger charge is -2.08. The summed E-state index contributed by atoms with van der Waals surface area (Å²) in [5.74, 6) is 1.81. The molecular weight excluding hydrogens is 320 g/mol. The van der Waals surface area contributed by atoms with Crippen molar-refractivity contribution in [3.63, 3.8) is 0 Å². The Bertz CT molecular complexity index is 842. The molecule has 0 radical (unpaired) electrons. The fourth-order valence-corrected chi connectivity index (χ4v) is 2.22. The molecule has 0 unspecified atom stereocenters. The zero-order chi connectivity index (χ0) is 17.6. The average Bonchev–Trinajstić information content (AvgIpc) is 3.07. The lowest BCUT2D eigenvalue weighted by Crippen LogP contribution is -2.28. The van der Waals surface area contributed by atoms with Gasteiger partial charge in [0.2, 0.25) is 11.7 Å². The van der Waals surface area contributed by atoms with Crippen LogP contribution >= 0.6 is 0 Å². The number of methoxy groups -OCH3 is 1. The molecule has 0 fully saturated rings. The van der Waals surface area contributed by atoms with Gasteiger partial charge in [0.05, 0.1) is 7.11 Å². The number of benzene rings is 2. The third kappa shape index (κ3) is 4.35. The second-order valence-corrected chi connectivity index (χ2v) is 5.37. The molecule has 1 heterocycles. The fourth-order valence-electron chi connectivity index (χ4n) is 2.22. The van der Waals surface area contributed by atoms with Crippen molar-refractivity contribution in [3.05, 3.63) is 60.0 Å². The largest absolute Gasteiger partial charge is 0.497 e. The lowest BCUT2D eigenvalue weighted by molar-refractivity contribution is 0.251. The highest BCUT2D eigenvalue weighted by atomic mass is 16.5. The molecule has 0 aliphatic heterocycles. The van der Waals surface area contributed by atoms with Gasteiger partial charge in [-0.3, -0.25) is 0 Å². The van der Waals surface area contributed by atoms with Crippen LogP contribution in [0.2, 0.25) is 0 Å². The van der Waals surface area contributed by atoms with Crippen molar-refractivity contribution in [2.75, 3.05) is 12.4 Å². The molecule has 0 aliphatic rings. The summed E-state index contributed by atoms with van der Waals surface area (Å²) in [6.07, 6.45) is 0. The Balaban J connectivity index is 1.53. The van der Waals surface area contributed by atoms with E-state index in [-0.39, 0.29) is 6.03 Å². The maximum absolute atomic E-state index is 12.0. The van der Waals surface area contributed by atoms with Crippen LogP contribution in [-0.2, 0) is 6.54 Å². The predicted octanol–water partition coefficient (Wildman–Crippen LogP) is 3.38. The summed E-state index contributed by atoms with van der Waals surface area (Å²) < 4.78 is 10.1. The van der Waals surface area contributed by atoms with Crippen molar-refractivity contribution in [2.24, 2.45) is 0 Å². The first-order chi connectivity index (χ1) is 12.1. The number of carbonyl (C=O) groups is 1. The van der Waals surface area contributed by atoms with Gasteiger partial charge in [-0.15, -0.1) is 0 Å². The van der Waals surface area contributed by atoms with E-state index in [0.717, 1.165) is 16.9 Å². The Morgan fingerprint density at radius 2 is 1.84 bits per heavy atom. The highest BCUT2D eigenvalue weighted by Gasteiger charge is 2.06. The highest BCUT2D eigenvalue weighted by Crippen LogP contribution is 2.18. The van der Waals surface area contributed by atoms with E-state index < -0.39 is 0 Å². The van der Waals surface area contributed by atoms with E-state index in [2.05, 4.69) is 20.8 Å². The minimum absolute atomic E-state index is 0.279. The fraction of sp³-hybridized carbons (Fsp3) is 0.167. The smallest absolute Gasteiger partial charge is 0.319 e. The zero-order valence-corrected chi connectivity index (χ0v) is 13.9. The van der Waals surface area contributed by atoms with Gasteiger partial charge < -0.3 is 19.9 Å². The predicted molar refractivity (Wildman–Crippen MR) is 93.3 cm³/mol. The minimum atomic E-state index is -0.279. The Kier molecular flexibility index (Phi) is 4.94. The van der Waals surface area contributed by atoms with Gasteiger partial charge in [-0.25, -0.2) is 4.79 Å². The number of hydrogen-bond donors (Lipinski definition) is 2. The second kappa shape index (κ2) is 7.48. The molecule has 0 saturated carbocycles. The normalized spacial score (nSPS) is 10.3. The quantitative estimate of drug-likeness (QED) is 0.744. The highest BCUT2D eigenvalue weighted by molar-refractivity contribution is 5.89. The Morgan fingerprint density at radius 3 is 2.44 bits per heavy atom. The Hall–Kier alpha value is -3.35. The number of anilines is 1. The number of hydrogen-bond acceptors (Lipinski definition) is 5. The molecule has 128 valence electrons. The van der Waals surface area contributed by atoms with Crippen LogP contribution in [0.4, 0.5) is 10.5 Å². The number of urea groups is 1. The van der Waals surface area contributed by atoms with Crippen LogP contribution in [0.3, 0.4) is 0 Å². The van der Waals surface area contributed by atoms with Crippen LogP contribution in [0.5, 0.6) is 5.75 Å². The third-order valence-corrected chi connectivity index (χ3v) is 3.54. The van der Waals surface area contributed by atoms with Crippen molar-refractivity contribution in [1.29, 1.82) is 0 Å². The molecule has 0 saturated heterocycles. The van der Waals surface area contributed by atoms with E-state index in [1.54, 1.807) is 26.2 Å². The first-order valence-corrected chi connectivity index (χ1v) is 7.72. The van der Waals surface area contributed by atoms with Gasteiger partial charge in [0, 0.05) is 24.7 Å². The lowest BCUT2D eigenvalue weighted by atomic mass is 10.2.